The van der Waals surface area contributed by atoms with Crippen LogP contribution in [0.25, 0.3) is 34.4 Å². The molecular weight excluding hydrogens is 782 g/mol. The molecule has 0 aliphatic carbocycles. The lowest BCUT2D eigenvalue weighted by Gasteiger charge is -2.18. The summed E-state index contributed by atoms with van der Waals surface area (Å²) in [5.74, 6) is -1.07. The third-order valence-corrected chi connectivity index (χ3v) is 10.6. The molecule has 0 aliphatic heterocycles. The van der Waals surface area contributed by atoms with Crippen molar-refractivity contribution in [1.29, 1.82) is 0 Å². The number of benzene rings is 4. The molecule has 0 radical (unpaired) electrons. The highest BCUT2D eigenvalue weighted by molar-refractivity contribution is 9.11. The van der Waals surface area contributed by atoms with Gasteiger partial charge in [0.05, 0.1) is 34.3 Å². The van der Waals surface area contributed by atoms with Crippen molar-refractivity contribution in [2.45, 2.75) is 9.79 Å². The number of methoxy groups -OCH3 is 2. The Morgan fingerprint density at radius 2 is 1.00 bits per heavy atom. The van der Waals surface area contributed by atoms with Crippen LogP contribution in [0.1, 0.15) is 11.1 Å². The minimum absolute atomic E-state index is 0.239. The Bertz CT molecular complexity index is 1660. The van der Waals surface area contributed by atoms with Gasteiger partial charge in [-0.05, 0) is 58.7 Å². The third kappa shape index (κ3) is 7.71. The highest BCUT2D eigenvalue weighted by atomic mass is 79.9. The van der Waals surface area contributed by atoms with Gasteiger partial charge in [0.15, 0.2) is 0 Å². The molecule has 4 nitrogen and oxygen atoms in total. The van der Waals surface area contributed by atoms with Crippen molar-refractivity contribution in [1.82, 2.24) is 0 Å². The van der Waals surface area contributed by atoms with Gasteiger partial charge < -0.3 is 9.47 Å². The number of hydrogen-bond acceptors (Lipinski definition) is 5. The lowest BCUT2D eigenvalue weighted by Crippen LogP contribution is -1.96. The van der Waals surface area contributed by atoms with Crippen molar-refractivity contribution in [2.75, 3.05) is 14.2 Å². The van der Waals surface area contributed by atoms with Crippen LogP contribution in [0, 0.1) is 0 Å². The van der Waals surface area contributed by atoms with Gasteiger partial charge in [0.2, 0.25) is 0 Å². The summed E-state index contributed by atoms with van der Waals surface area (Å²) in [6, 6.07) is 19.0. The van der Waals surface area contributed by atoms with E-state index < -0.39 is 11.9 Å². The summed E-state index contributed by atoms with van der Waals surface area (Å²) in [5.41, 5.74) is 4.16. The lowest BCUT2D eigenvalue weighted by atomic mass is 9.99. The Kier molecular flexibility index (Phi) is 11.9. The summed E-state index contributed by atoms with van der Waals surface area (Å²) in [6.45, 7) is 0. The molecule has 0 amide bonds. The van der Waals surface area contributed by atoms with E-state index in [-0.39, 0.29) is 20.1 Å². The summed E-state index contributed by atoms with van der Waals surface area (Å²) in [7, 11) is 2.59. The van der Waals surface area contributed by atoms with Crippen molar-refractivity contribution in [3.05, 3.63) is 113 Å². The molecule has 4 rings (SSSR count). The standard InChI is InChI=1S/C32H20Br2Cl4O4S/c1-41-27(39)13-11-19-21(17-7-3-5-9-23(17)33)15-25(31(37)29(19)35)43-26-16-22(18-8-4-6-10-24(18)34)20(30(36)32(26)38)12-14-28(40)42-2/h3-16H,1-2H3/b13-11+,14-12+. The molecule has 0 unspecified atom stereocenters. The second-order valence-electron chi connectivity index (χ2n) is 8.70. The second kappa shape index (κ2) is 15.2. The first kappa shape index (κ1) is 33.7. The molecule has 4 aromatic rings. The fraction of sp³-hybridized carbons (Fsp3) is 0.0625. The highest BCUT2D eigenvalue weighted by Crippen LogP contribution is 2.49. The van der Waals surface area contributed by atoms with Crippen LogP contribution >= 0.6 is 90.0 Å². The quantitative estimate of drug-likeness (QED) is 0.131. The van der Waals surface area contributed by atoms with Crippen LogP contribution in [-0.4, -0.2) is 26.2 Å². The summed E-state index contributed by atoms with van der Waals surface area (Å²) in [5, 5.41) is 1.000. The molecule has 0 atom stereocenters. The van der Waals surface area contributed by atoms with Crippen LogP contribution in [0.4, 0.5) is 0 Å². The number of rotatable bonds is 8. The van der Waals surface area contributed by atoms with Crippen LogP contribution in [0.15, 0.2) is 91.6 Å². The van der Waals surface area contributed by atoms with E-state index in [0.717, 1.165) is 31.2 Å². The Balaban J connectivity index is 1.94. The number of carbonyl (C=O) groups excluding carboxylic acids is 2. The average molecular weight is 802 g/mol. The second-order valence-corrected chi connectivity index (χ2v) is 13.0. The van der Waals surface area contributed by atoms with Crippen molar-refractivity contribution in [3.8, 4) is 22.3 Å². The summed E-state index contributed by atoms with van der Waals surface area (Å²) < 4.78 is 11.2. The van der Waals surface area contributed by atoms with E-state index in [9.17, 15) is 9.59 Å². The molecule has 220 valence electrons. The van der Waals surface area contributed by atoms with Gasteiger partial charge in [0.1, 0.15) is 0 Å². The van der Waals surface area contributed by atoms with Crippen LogP contribution in [0.3, 0.4) is 0 Å². The maximum absolute atomic E-state index is 11.9. The highest BCUT2D eigenvalue weighted by Gasteiger charge is 2.22. The van der Waals surface area contributed by atoms with E-state index in [1.807, 2.05) is 60.7 Å². The van der Waals surface area contributed by atoms with Crippen molar-refractivity contribution < 1.29 is 19.1 Å². The molecule has 0 aliphatic rings. The maximum Gasteiger partial charge on any atom is 0.330 e. The fourth-order valence-corrected chi connectivity index (χ4v) is 7.23. The molecule has 11 heteroatoms. The van der Waals surface area contributed by atoms with E-state index in [2.05, 4.69) is 31.9 Å². The van der Waals surface area contributed by atoms with Gasteiger partial charge in [-0.3, -0.25) is 0 Å². The monoisotopic (exact) mass is 798 g/mol. The minimum atomic E-state index is -0.536. The first-order valence-electron chi connectivity index (χ1n) is 12.3. The first-order valence-corrected chi connectivity index (χ1v) is 16.2. The Morgan fingerprint density at radius 1 is 0.628 bits per heavy atom. The Hall–Kier alpha value is -2.23. The molecule has 0 N–H and O–H groups in total. The topological polar surface area (TPSA) is 52.6 Å². The third-order valence-electron chi connectivity index (χ3n) is 6.14. The van der Waals surface area contributed by atoms with Crippen LogP contribution in [0.5, 0.6) is 0 Å². The van der Waals surface area contributed by atoms with Gasteiger partial charge >= 0.3 is 11.9 Å². The van der Waals surface area contributed by atoms with Crippen molar-refractivity contribution in [3.63, 3.8) is 0 Å². The van der Waals surface area contributed by atoms with Gasteiger partial charge in [0, 0.05) is 42.0 Å². The summed E-state index contributed by atoms with van der Waals surface area (Å²) in [6.07, 6.45) is 5.71. The number of carbonyl (C=O) groups is 2. The Labute approximate surface area is 290 Å². The number of ether oxygens (including phenoxy) is 2. The minimum Gasteiger partial charge on any atom is -0.466 e. The number of hydrogen-bond donors (Lipinski definition) is 0. The normalized spacial score (nSPS) is 11.3. The first-order chi connectivity index (χ1) is 20.6. The van der Waals surface area contributed by atoms with E-state index in [0.29, 0.717) is 20.9 Å². The Morgan fingerprint density at radius 3 is 1.35 bits per heavy atom. The van der Waals surface area contributed by atoms with Gasteiger partial charge in [-0.15, -0.1) is 0 Å². The molecule has 0 aromatic heterocycles. The largest absolute Gasteiger partial charge is 0.466 e. The molecule has 0 saturated carbocycles. The SMILES string of the molecule is COC(=O)/C=C/c1c(-c2ccccc2Br)cc(Sc2cc(-c3ccccc3Br)c(/C=C/C(=O)OC)c(Cl)c2Cl)c(Cl)c1Cl. The van der Waals surface area contributed by atoms with E-state index in [4.69, 9.17) is 55.9 Å². The van der Waals surface area contributed by atoms with Gasteiger partial charge in [-0.1, -0.05) is 126 Å². The van der Waals surface area contributed by atoms with Crippen LogP contribution < -0.4 is 0 Å². The lowest BCUT2D eigenvalue weighted by molar-refractivity contribution is -0.135. The van der Waals surface area contributed by atoms with Gasteiger partial charge in [0.25, 0.3) is 0 Å². The molecular formula is C32H20Br2Cl4O4S. The van der Waals surface area contributed by atoms with Crippen LogP contribution in [0.2, 0.25) is 20.1 Å². The van der Waals surface area contributed by atoms with Crippen molar-refractivity contribution in [2.24, 2.45) is 0 Å². The molecule has 4 aromatic carbocycles. The van der Waals surface area contributed by atoms with E-state index >= 15 is 0 Å². The number of esters is 2. The average Bonchev–Trinajstić information content (AvgIpc) is 3.00. The summed E-state index contributed by atoms with van der Waals surface area (Å²) >= 11 is 35.9. The predicted molar refractivity (Wildman–Crippen MR) is 185 cm³/mol. The van der Waals surface area contributed by atoms with Crippen molar-refractivity contribution >= 4 is 114 Å². The molecule has 0 spiro atoms. The molecule has 0 saturated heterocycles. The zero-order valence-corrected chi connectivity index (χ0v) is 29.4. The van der Waals surface area contributed by atoms with E-state index in [1.54, 1.807) is 12.2 Å². The maximum atomic E-state index is 11.9. The van der Waals surface area contributed by atoms with E-state index in [1.165, 1.54) is 38.1 Å². The van der Waals surface area contributed by atoms with Gasteiger partial charge in [-0.25, -0.2) is 9.59 Å². The fourth-order valence-electron chi connectivity index (χ4n) is 4.07. The summed E-state index contributed by atoms with van der Waals surface area (Å²) in [4.78, 5) is 25.0. The molecule has 0 fully saturated rings. The molecule has 0 bridgehead atoms. The smallest absolute Gasteiger partial charge is 0.330 e. The van der Waals surface area contributed by atoms with Crippen LogP contribution in [-0.2, 0) is 19.1 Å². The zero-order valence-electron chi connectivity index (χ0n) is 22.4. The van der Waals surface area contributed by atoms with Gasteiger partial charge in [-0.2, -0.15) is 0 Å². The molecule has 0 heterocycles. The molecule has 43 heavy (non-hydrogen) atoms. The zero-order chi connectivity index (χ0) is 31.3. The number of halogens is 6. The predicted octanol–water partition coefficient (Wildman–Crippen LogP) is 11.7.